The Hall–Kier alpha value is -7.42. The second-order valence-electron chi connectivity index (χ2n) is 19.2. The van der Waals surface area contributed by atoms with Gasteiger partial charge in [-0.2, -0.15) is 0 Å². The van der Waals surface area contributed by atoms with E-state index in [1.165, 1.54) is 105 Å². The molecule has 0 fully saturated rings. The first-order valence-corrected chi connectivity index (χ1v) is 22.8. The van der Waals surface area contributed by atoms with Gasteiger partial charge in [0.05, 0.1) is 11.0 Å². The molecular weight excluding hydrogens is 775 g/mol. The molecule has 2 heteroatoms. The molecule has 2 heterocycles. The molecule has 0 spiro atoms. The van der Waals surface area contributed by atoms with Gasteiger partial charge in [-0.15, -0.1) is 0 Å². The van der Waals surface area contributed by atoms with E-state index in [-0.39, 0.29) is 16.7 Å². The van der Waals surface area contributed by atoms with Crippen LogP contribution in [0.4, 0.5) is 0 Å². The molecule has 2 aromatic heterocycles. The fourth-order valence-electron chi connectivity index (χ4n) is 12.0. The van der Waals surface area contributed by atoms with Crippen LogP contribution in [0.25, 0.3) is 82.8 Å². The van der Waals surface area contributed by atoms with Gasteiger partial charge in [-0.1, -0.05) is 179 Å². The molecule has 0 N–H and O–H groups in total. The molecule has 9 aromatic carbocycles. The first kappa shape index (κ1) is 37.2. The Labute approximate surface area is 374 Å². The zero-order chi connectivity index (χ0) is 42.9. The number of furan rings is 1. The summed E-state index contributed by atoms with van der Waals surface area (Å²) in [5.41, 5.74) is 22.7. The first-order valence-electron chi connectivity index (χ1n) is 22.8. The van der Waals surface area contributed by atoms with Crippen LogP contribution in [0.3, 0.4) is 0 Å². The van der Waals surface area contributed by atoms with E-state index in [2.05, 4.69) is 226 Å². The number of para-hydroxylation sites is 2. The molecule has 0 saturated heterocycles. The lowest BCUT2D eigenvalue weighted by atomic mass is 9.77. The van der Waals surface area contributed by atoms with E-state index >= 15 is 0 Å². The van der Waals surface area contributed by atoms with Crippen molar-refractivity contribution >= 4 is 43.7 Å². The van der Waals surface area contributed by atoms with Crippen molar-refractivity contribution in [2.75, 3.05) is 0 Å². The topological polar surface area (TPSA) is 18.1 Å². The highest BCUT2D eigenvalue weighted by Gasteiger charge is 2.39. The van der Waals surface area contributed by atoms with E-state index < -0.39 is 0 Å². The smallest absolute Gasteiger partial charge is 0.136 e. The summed E-state index contributed by atoms with van der Waals surface area (Å²) < 4.78 is 9.22. The van der Waals surface area contributed by atoms with E-state index in [9.17, 15) is 0 Å². The normalized spacial score (nSPS) is 14.8. The molecule has 306 valence electrons. The Morgan fingerprint density at radius 1 is 0.453 bits per heavy atom. The van der Waals surface area contributed by atoms with Crippen LogP contribution in [0.15, 0.2) is 199 Å². The van der Waals surface area contributed by atoms with Crippen molar-refractivity contribution in [2.24, 2.45) is 0 Å². The van der Waals surface area contributed by atoms with Crippen molar-refractivity contribution in [3.8, 4) is 39.1 Å². The second-order valence-corrected chi connectivity index (χ2v) is 19.2. The minimum atomic E-state index is -0.107. The third-order valence-corrected chi connectivity index (χ3v) is 15.1. The number of hydrogen-bond acceptors (Lipinski definition) is 1. The molecule has 2 aliphatic carbocycles. The predicted octanol–water partition coefficient (Wildman–Crippen LogP) is 16.3. The van der Waals surface area contributed by atoms with Crippen LogP contribution in [0.1, 0.15) is 72.6 Å². The highest BCUT2D eigenvalue weighted by Crippen LogP contribution is 2.54. The standard InChI is InChI=1S/C62H47NO/c1-61(2)51-26-12-9-22-47(51)59-46(24-15-27-52(59)61)48(39-31-33-44-43-20-8-11-25-50(43)62(3,4)53(44)37-39)36-40-17-14-29-56-58(40)60-42(23-16-30-57(60)64-56)38-32-34-55-49(35-38)45-21-10-13-28-54(45)63(55)41-18-6-5-7-19-41/h5-35,37,48H,36H2,1-4H3. The molecule has 0 amide bonds. The minimum Gasteiger partial charge on any atom is -0.456 e. The lowest BCUT2D eigenvalue weighted by Gasteiger charge is -2.26. The minimum absolute atomic E-state index is 0.0740. The number of rotatable bonds is 6. The summed E-state index contributed by atoms with van der Waals surface area (Å²) in [6, 6.07) is 72.3. The highest BCUT2D eigenvalue weighted by molar-refractivity contribution is 6.16. The fraction of sp³-hybridized carbons (Fsp3) is 0.129. The maximum Gasteiger partial charge on any atom is 0.136 e. The molecule has 0 radical (unpaired) electrons. The average Bonchev–Trinajstić information content (AvgIpc) is 4.02. The van der Waals surface area contributed by atoms with Gasteiger partial charge in [-0.05, 0) is 121 Å². The van der Waals surface area contributed by atoms with Crippen molar-refractivity contribution in [1.82, 2.24) is 4.57 Å². The second kappa shape index (κ2) is 13.5. The zero-order valence-electron chi connectivity index (χ0n) is 36.6. The summed E-state index contributed by atoms with van der Waals surface area (Å²) >= 11 is 0. The van der Waals surface area contributed by atoms with Crippen LogP contribution < -0.4 is 0 Å². The molecule has 64 heavy (non-hydrogen) atoms. The number of nitrogens with zero attached hydrogens (tertiary/aromatic N) is 1. The van der Waals surface area contributed by atoms with Gasteiger partial charge in [0.1, 0.15) is 11.2 Å². The molecule has 2 nitrogen and oxygen atoms in total. The van der Waals surface area contributed by atoms with Crippen LogP contribution >= 0.6 is 0 Å². The summed E-state index contributed by atoms with van der Waals surface area (Å²) in [5, 5.41) is 4.86. The van der Waals surface area contributed by atoms with E-state index in [1.807, 2.05) is 0 Å². The molecule has 2 aliphatic rings. The maximum atomic E-state index is 6.84. The summed E-state index contributed by atoms with van der Waals surface area (Å²) in [7, 11) is 0. The lowest BCUT2D eigenvalue weighted by Crippen LogP contribution is -2.16. The quantitative estimate of drug-likeness (QED) is 0.163. The van der Waals surface area contributed by atoms with Gasteiger partial charge in [-0.25, -0.2) is 0 Å². The molecule has 0 aliphatic heterocycles. The molecule has 1 atom stereocenters. The average molecular weight is 822 g/mol. The van der Waals surface area contributed by atoms with E-state index in [0.717, 1.165) is 23.3 Å². The number of fused-ring (bicyclic) bond motifs is 12. The number of benzene rings is 9. The summed E-state index contributed by atoms with van der Waals surface area (Å²) in [5.74, 6) is 0.0740. The molecule has 11 aromatic rings. The summed E-state index contributed by atoms with van der Waals surface area (Å²) in [6.45, 7) is 9.57. The van der Waals surface area contributed by atoms with E-state index in [1.54, 1.807) is 0 Å². The van der Waals surface area contributed by atoms with Gasteiger partial charge < -0.3 is 8.98 Å². The number of hydrogen-bond donors (Lipinski definition) is 0. The third kappa shape index (κ3) is 5.20. The van der Waals surface area contributed by atoms with Gasteiger partial charge in [0, 0.05) is 44.0 Å². The van der Waals surface area contributed by atoms with Crippen LogP contribution in [-0.4, -0.2) is 4.57 Å². The fourth-order valence-corrected chi connectivity index (χ4v) is 12.0. The van der Waals surface area contributed by atoms with Gasteiger partial charge in [0.2, 0.25) is 0 Å². The zero-order valence-corrected chi connectivity index (χ0v) is 36.6. The van der Waals surface area contributed by atoms with Gasteiger partial charge in [-0.3, -0.25) is 0 Å². The van der Waals surface area contributed by atoms with Gasteiger partial charge in [0.15, 0.2) is 0 Å². The van der Waals surface area contributed by atoms with Crippen LogP contribution in [0, 0.1) is 0 Å². The molecule has 13 rings (SSSR count). The Balaban J connectivity index is 1.02. The van der Waals surface area contributed by atoms with Crippen LogP contribution in [0.2, 0.25) is 0 Å². The van der Waals surface area contributed by atoms with Crippen molar-refractivity contribution in [2.45, 2.75) is 50.9 Å². The third-order valence-electron chi connectivity index (χ3n) is 15.1. The van der Waals surface area contributed by atoms with E-state index in [0.29, 0.717) is 0 Å². The van der Waals surface area contributed by atoms with E-state index in [4.69, 9.17) is 4.42 Å². The van der Waals surface area contributed by atoms with Crippen molar-refractivity contribution in [3.05, 3.63) is 233 Å². The van der Waals surface area contributed by atoms with Crippen molar-refractivity contribution in [1.29, 1.82) is 0 Å². The Kier molecular flexibility index (Phi) is 7.86. The van der Waals surface area contributed by atoms with Crippen molar-refractivity contribution in [3.63, 3.8) is 0 Å². The van der Waals surface area contributed by atoms with Crippen LogP contribution in [-0.2, 0) is 17.3 Å². The molecular formula is C62H47NO. The largest absolute Gasteiger partial charge is 0.456 e. The molecule has 0 bridgehead atoms. The first-order chi connectivity index (χ1) is 31.3. The van der Waals surface area contributed by atoms with Gasteiger partial charge >= 0.3 is 0 Å². The Bertz CT molecular complexity index is 3710. The van der Waals surface area contributed by atoms with Crippen molar-refractivity contribution < 1.29 is 4.42 Å². The predicted molar refractivity (Wildman–Crippen MR) is 267 cm³/mol. The monoisotopic (exact) mass is 821 g/mol. The SMILES string of the molecule is CC1(C)c2ccccc2-c2ccc(C(Cc3cccc4oc5cccc(-c6ccc7c(c6)c6ccccc6n7-c6ccccc6)c5c34)c3cccc4c3-c3ccccc3C4(C)C)cc21. The summed E-state index contributed by atoms with van der Waals surface area (Å²) in [6.07, 6.45) is 0.815. The Morgan fingerprint density at radius 2 is 1.08 bits per heavy atom. The lowest BCUT2D eigenvalue weighted by molar-refractivity contribution is 0.656. The molecule has 1 unspecified atom stereocenters. The number of aromatic nitrogens is 1. The van der Waals surface area contributed by atoms with Crippen LogP contribution in [0.5, 0.6) is 0 Å². The Morgan fingerprint density at radius 3 is 1.92 bits per heavy atom. The maximum absolute atomic E-state index is 6.84. The molecule has 0 saturated carbocycles. The van der Waals surface area contributed by atoms with Gasteiger partial charge in [0.25, 0.3) is 0 Å². The highest BCUT2D eigenvalue weighted by atomic mass is 16.3. The summed E-state index contributed by atoms with van der Waals surface area (Å²) in [4.78, 5) is 0.